The van der Waals surface area contributed by atoms with Crippen LogP contribution in [0.3, 0.4) is 0 Å². The first-order chi connectivity index (χ1) is 1.41. The summed E-state index contributed by atoms with van der Waals surface area (Å²) in [6.07, 6.45) is 0. The minimum absolute atomic E-state index is 0. The van der Waals surface area contributed by atoms with Gasteiger partial charge < -0.3 is 8.32 Å². The van der Waals surface area contributed by atoms with Crippen molar-refractivity contribution in [3.05, 3.63) is 0 Å². The molecule has 2 nitrogen and oxygen atoms in total. The molecule has 0 fully saturated rings. The maximum absolute atomic E-state index is 7.21. The number of hydrogen-bond donors (Lipinski definition) is 2. The Morgan fingerprint density at radius 3 is 1.25 bits per heavy atom. The van der Waals surface area contributed by atoms with E-state index in [2.05, 4.69) is 0 Å². The molecular weight excluding hydrogens is 99.1 g/mol. The summed E-state index contributed by atoms with van der Waals surface area (Å²) in [6.45, 7) is 0. The van der Waals surface area contributed by atoms with Crippen molar-refractivity contribution in [1.29, 1.82) is 0 Å². The third-order valence-electron chi connectivity index (χ3n) is 0. The molecule has 0 spiro atoms. The monoisotopic (exact) mass is 103 g/mol. The average Bonchev–Trinajstić information content (AvgIpc) is 0.918. The molecule has 0 bridgehead atoms. The van der Waals surface area contributed by atoms with Gasteiger partial charge >= 0.3 is 53.6 Å². The van der Waals surface area contributed by atoms with Crippen LogP contribution in [-0.2, 0) is 0 Å². The van der Waals surface area contributed by atoms with Crippen molar-refractivity contribution in [2.45, 2.75) is 0 Å². The molecule has 0 atom stereocenters. The van der Waals surface area contributed by atoms with Crippen LogP contribution in [0.1, 0.15) is 0 Å². The molecule has 0 amide bonds. The Kier molecular flexibility index (Phi) is 20.3. The van der Waals surface area contributed by atoms with Crippen molar-refractivity contribution in [2.24, 2.45) is 0 Å². The average molecular weight is 103 g/mol. The number of hydrogen-bond acceptors (Lipinski definition) is 2. The molecule has 2 N–H and O–H groups in total. The summed E-state index contributed by atoms with van der Waals surface area (Å²) in [5.41, 5.74) is 0. The third kappa shape index (κ3) is 9.31. The summed E-state index contributed by atoms with van der Waals surface area (Å²) in [5.74, 6) is 0. The SMILES string of the molecule is [CaH2].[OH][Al][OH]. The van der Waals surface area contributed by atoms with Crippen LogP contribution < -0.4 is 0 Å². The summed E-state index contributed by atoms with van der Waals surface area (Å²) < 4.78 is 14.4. The van der Waals surface area contributed by atoms with E-state index in [0.717, 1.165) is 0 Å². The van der Waals surface area contributed by atoms with Crippen LogP contribution in [0.2, 0.25) is 0 Å². The van der Waals surface area contributed by atoms with Crippen LogP contribution in [0.15, 0.2) is 0 Å². The van der Waals surface area contributed by atoms with Gasteiger partial charge in [0, 0.05) is 0 Å². The second-order valence-corrected chi connectivity index (χ2v) is 0.346. The minimum Gasteiger partial charge on any atom is -0.499 e. The summed E-state index contributed by atoms with van der Waals surface area (Å²) in [6, 6.07) is 0. The molecule has 0 saturated carbocycles. The zero-order chi connectivity index (χ0) is 2.71. The molecule has 0 aromatic rings. The topological polar surface area (TPSA) is 40.5 Å². The van der Waals surface area contributed by atoms with Gasteiger partial charge in [-0.25, -0.2) is 0 Å². The van der Waals surface area contributed by atoms with E-state index in [0.29, 0.717) is 0 Å². The first kappa shape index (κ1) is 9.20. The van der Waals surface area contributed by atoms with E-state index in [1.54, 1.807) is 0 Å². The smallest absolute Gasteiger partial charge is 0.499 e. The molecule has 0 unspecified atom stereocenters. The van der Waals surface area contributed by atoms with E-state index in [9.17, 15) is 0 Å². The largest absolute Gasteiger partial charge is 0.662 e. The fraction of sp³-hybridized carbons (Fsp3) is 0. The Balaban J connectivity index is 0. The predicted octanol–water partition coefficient (Wildman–Crippen LogP) is -2.41. The van der Waals surface area contributed by atoms with Gasteiger partial charge in [0.1, 0.15) is 0 Å². The molecule has 0 saturated heterocycles. The van der Waals surface area contributed by atoms with Gasteiger partial charge in [0.15, 0.2) is 0 Å². The summed E-state index contributed by atoms with van der Waals surface area (Å²) in [7, 11) is 0. The maximum atomic E-state index is 7.21. The zero-order valence-electron chi connectivity index (χ0n) is 1.47. The van der Waals surface area contributed by atoms with Gasteiger partial charge in [0.25, 0.3) is 0 Å². The van der Waals surface area contributed by atoms with Gasteiger partial charge in [0.05, 0.1) is 0 Å². The van der Waals surface area contributed by atoms with Crippen molar-refractivity contribution in [1.82, 2.24) is 0 Å². The number of rotatable bonds is 0. The van der Waals surface area contributed by atoms with E-state index >= 15 is 0 Å². The minimum atomic E-state index is -1.25. The van der Waals surface area contributed by atoms with Crippen molar-refractivity contribution in [3.63, 3.8) is 0 Å². The van der Waals surface area contributed by atoms with Crippen LogP contribution in [0.25, 0.3) is 0 Å². The molecule has 0 aliphatic rings. The molecule has 0 aliphatic carbocycles. The molecule has 4 heteroatoms. The molecule has 0 aromatic carbocycles. The predicted molar refractivity (Wildman–Crippen MR) is 18.7 cm³/mol. The van der Waals surface area contributed by atoms with Gasteiger partial charge in [0.2, 0.25) is 0 Å². The molecule has 4 heavy (non-hydrogen) atoms. The first-order valence-corrected chi connectivity index (χ1v) is 1.55. The van der Waals surface area contributed by atoms with Crippen LogP contribution in [0.5, 0.6) is 0 Å². The maximum Gasteiger partial charge on any atom is 0.662 e. The molecule has 0 aromatic heterocycles. The van der Waals surface area contributed by atoms with Gasteiger partial charge in [-0.3, -0.25) is 0 Å². The Morgan fingerprint density at radius 1 is 1.25 bits per heavy atom. The van der Waals surface area contributed by atoms with Crippen LogP contribution in [-0.4, -0.2) is 61.9 Å². The summed E-state index contributed by atoms with van der Waals surface area (Å²) >= 11 is -1.25. The van der Waals surface area contributed by atoms with Gasteiger partial charge in [-0.1, -0.05) is 0 Å². The summed E-state index contributed by atoms with van der Waals surface area (Å²) in [5, 5.41) is 0. The Hall–Kier alpha value is 1.71. The van der Waals surface area contributed by atoms with Gasteiger partial charge in [-0.2, -0.15) is 0 Å². The fourth-order valence-electron chi connectivity index (χ4n) is 0. The molecule has 0 heterocycles. The van der Waals surface area contributed by atoms with Crippen LogP contribution >= 0.6 is 0 Å². The Bertz CT molecular complexity index is 6.00. The van der Waals surface area contributed by atoms with Crippen molar-refractivity contribution in [3.8, 4) is 0 Å². The molecular formula is H4AlCaO2. The van der Waals surface area contributed by atoms with Gasteiger partial charge in [-0.05, 0) is 0 Å². The normalized spacial score (nSPS) is 3.50. The molecule has 0 rings (SSSR count). The zero-order valence-corrected chi connectivity index (χ0v) is 2.63. The second kappa shape index (κ2) is 8.83. The quantitative estimate of drug-likeness (QED) is 0.335. The van der Waals surface area contributed by atoms with E-state index in [1.165, 1.54) is 0 Å². The molecule has 1 radical (unpaired) electrons. The van der Waals surface area contributed by atoms with Crippen LogP contribution in [0, 0.1) is 0 Å². The van der Waals surface area contributed by atoms with Crippen molar-refractivity contribution in [2.75, 3.05) is 0 Å². The standard InChI is InChI=1S/Al.Ca.2H2O.2H/h;;2*1H2;;/q+2;;;;;/p-2. The van der Waals surface area contributed by atoms with Crippen LogP contribution in [0.4, 0.5) is 0 Å². The fourth-order valence-corrected chi connectivity index (χ4v) is 0. The van der Waals surface area contributed by atoms with E-state index in [1.807, 2.05) is 0 Å². The Labute approximate surface area is 61.2 Å². The summed E-state index contributed by atoms with van der Waals surface area (Å²) in [4.78, 5) is 0. The third-order valence-corrected chi connectivity index (χ3v) is 0. The van der Waals surface area contributed by atoms with E-state index in [-0.39, 0.29) is 37.7 Å². The van der Waals surface area contributed by atoms with Crippen molar-refractivity contribution >= 4 is 53.6 Å². The molecule has 0 aliphatic heterocycles. The van der Waals surface area contributed by atoms with E-state index in [4.69, 9.17) is 8.32 Å². The second-order valence-electron chi connectivity index (χ2n) is 0.115. The Morgan fingerprint density at radius 2 is 1.25 bits per heavy atom. The van der Waals surface area contributed by atoms with Crippen molar-refractivity contribution < 1.29 is 8.32 Å². The molecule has 21 valence electrons. The van der Waals surface area contributed by atoms with Gasteiger partial charge in [-0.15, -0.1) is 0 Å². The van der Waals surface area contributed by atoms with E-state index < -0.39 is 15.9 Å². The first-order valence-electron chi connectivity index (χ1n) is 0.516.